The van der Waals surface area contributed by atoms with Crippen LogP contribution < -0.4 is 56.1 Å². The van der Waals surface area contributed by atoms with Gasteiger partial charge in [0, 0.05) is 6.54 Å². The monoisotopic (exact) mass is 193 g/mol. The summed E-state index contributed by atoms with van der Waals surface area (Å²) < 4.78 is 27.5. The Hall–Kier alpha value is 1.51. The van der Waals surface area contributed by atoms with E-state index in [1.807, 2.05) is 0 Å². The summed E-state index contributed by atoms with van der Waals surface area (Å²) in [5.74, 6) is 0. The second kappa shape index (κ2) is 7.17. The fraction of sp³-hybridized carbons (Fsp3) is 1.00. The van der Waals surface area contributed by atoms with Gasteiger partial charge >= 0.3 is 61.7 Å². The van der Waals surface area contributed by atoms with Crippen molar-refractivity contribution < 1.29 is 65.4 Å². The van der Waals surface area contributed by atoms with Crippen LogP contribution in [0.1, 0.15) is 15.3 Å². The molecule has 58 valence electrons. The van der Waals surface area contributed by atoms with E-state index in [1.165, 1.54) is 0 Å². The third-order valence-corrected chi connectivity index (χ3v) is 1.78. The van der Waals surface area contributed by atoms with E-state index in [4.69, 9.17) is 0 Å². The van der Waals surface area contributed by atoms with Crippen molar-refractivity contribution >= 4 is 10.3 Å². The Labute approximate surface area is 106 Å². The SMILES string of the molecule is CCNS(=O)(=O)OCC.[H-].[K+]. The van der Waals surface area contributed by atoms with E-state index in [1.54, 1.807) is 13.8 Å². The van der Waals surface area contributed by atoms with Crippen LogP contribution in [0, 0.1) is 0 Å². The Morgan fingerprint density at radius 1 is 1.50 bits per heavy atom. The maximum atomic E-state index is 10.5. The van der Waals surface area contributed by atoms with Crippen LogP contribution in [0.25, 0.3) is 0 Å². The van der Waals surface area contributed by atoms with Crippen LogP contribution in [0.15, 0.2) is 0 Å². The average Bonchev–Trinajstić information content (AvgIpc) is 1.64. The summed E-state index contributed by atoms with van der Waals surface area (Å²) >= 11 is 0. The molecule has 0 aliphatic carbocycles. The van der Waals surface area contributed by atoms with Crippen molar-refractivity contribution in [3.8, 4) is 0 Å². The molecule has 0 saturated carbocycles. The molecule has 0 radical (unpaired) electrons. The molecule has 6 heteroatoms. The molecule has 0 spiro atoms. The van der Waals surface area contributed by atoms with Crippen molar-refractivity contribution in [2.75, 3.05) is 13.2 Å². The van der Waals surface area contributed by atoms with Gasteiger partial charge in [-0.2, -0.15) is 13.1 Å². The molecule has 0 amide bonds. The summed E-state index contributed by atoms with van der Waals surface area (Å²) in [7, 11) is -3.43. The molecule has 0 saturated heterocycles. The van der Waals surface area contributed by atoms with Gasteiger partial charge in [0.25, 0.3) is 0 Å². The van der Waals surface area contributed by atoms with Crippen LogP contribution in [-0.2, 0) is 14.5 Å². The predicted octanol–water partition coefficient (Wildman–Crippen LogP) is -3.01. The molecule has 0 fully saturated rings. The molecule has 0 unspecified atom stereocenters. The summed E-state index contributed by atoms with van der Waals surface area (Å²) in [6.07, 6.45) is 0. The van der Waals surface area contributed by atoms with Gasteiger partial charge in [0.1, 0.15) is 0 Å². The quantitative estimate of drug-likeness (QED) is 0.484. The molecule has 1 N–H and O–H groups in total. The molecule has 0 rings (SSSR count). The van der Waals surface area contributed by atoms with Gasteiger partial charge in [-0.3, -0.25) is 4.18 Å². The van der Waals surface area contributed by atoms with Gasteiger partial charge in [-0.15, -0.1) is 0 Å². The minimum absolute atomic E-state index is 0. The molecule has 0 aromatic carbocycles. The van der Waals surface area contributed by atoms with Gasteiger partial charge in [0.15, 0.2) is 0 Å². The normalized spacial score (nSPS) is 10.6. The average molecular weight is 193 g/mol. The van der Waals surface area contributed by atoms with Crippen LogP contribution in [0.4, 0.5) is 0 Å². The fourth-order valence-electron chi connectivity index (χ4n) is 0.374. The smallest absolute Gasteiger partial charge is 1.00 e. The minimum atomic E-state index is -3.43. The standard InChI is InChI=1S/C4H11NO3S.K.H/c1-3-5-9(6,7)8-4-2;;/h5H,3-4H2,1-2H3;;/q;+1;-1. The molecular formula is C4H12KNO3S. The Morgan fingerprint density at radius 2 is 2.00 bits per heavy atom. The molecule has 0 aliphatic heterocycles. The molecule has 4 nitrogen and oxygen atoms in total. The molecule has 0 bridgehead atoms. The molecule has 0 aromatic heterocycles. The first-order chi connectivity index (χ1) is 4.12. The van der Waals surface area contributed by atoms with Gasteiger partial charge in [0.2, 0.25) is 0 Å². The molecule has 0 aromatic rings. The minimum Gasteiger partial charge on any atom is -1.00 e. The zero-order chi connectivity index (χ0) is 7.33. The van der Waals surface area contributed by atoms with Crippen molar-refractivity contribution in [3.63, 3.8) is 0 Å². The number of hydrogen-bond acceptors (Lipinski definition) is 3. The Kier molecular flexibility index (Phi) is 10.1. The third kappa shape index (κ3) is 7.61. The number of rotatable bonds is 4. The summed E-state index contributed by atoms with van der Waals surface area (Å²) in [6, 6.07) is 0. The summed E-state index contributed by atoms with van der Waals surface area (Å²) in [5.41, 5.74) is 0. The van der Waals surface area contributed by atoms with E-state index in [0.29, 0.717) is 6.54 Å². The van der Waals surface area contributed by atoms with E-state index in [2.05, 4.69) is 8.91 Å². The van der Waals surface area contributed by atoms with Gasteiger partial charge in [-0.1, -0.05) is 6.92 Å². The van der Waals surface area contributed by atoms with Gasteiger partial charge < -0.3 is 1.43 Å². The third-order valence-electron chi connectivity index (χ3n) is 0.594. The first-order valence-electron chi connectivity index (χ1n) is 2.76. The molecule has 0 heterocycles. The fourth-order valence-corrected chi connectivity index (χ4v) is 1.12. The van der Waals surface area contributed by atoms with Crippen LogP contribution in [0.2, 0.25) is 0 Å². The summed E-state index contributed by atoms with van der Waals surface area (Å²) in [6.45, 7) is 3.85. The van der Waals surface area contributed by atoms with E-state index < -0.39 is 10.3 Å². The topological polar surface area (TPSA) is 55.4 Å². The number of nitrogens with one attached hydrogen (secondary N) is 1. The summed E-state index contributed by atoms with van der Waals surface area (Å²) in [4.78, 5) is 0. The molecule has 0 atom stereocenters. The molecule has 10 heavy (non-hydrogen) atoms. The predicted molar refractivity (Wildman–Crippen MR) is 35.3 cm³/mol. The van der Waals surface area contributed by atoms with Crippen LogP contribution in [0.3, 0.4) is 0 Å². The van der Waals surface area contributed by atoms with Crippen molar-refractivity contribution in [1.82, 2.24) is 4.72 Å². The van der Waals surface area contributed by atoms with Crippen LogP contribution in [-0.4, -0.2) is 21.6 Å². The second-order valence-electron chi connectivity index (χ2n) is 1.36. The van der Waals surface area contributed by atoms with Crippen LogP contribution in [0.5, 0.6) is 0 Å². The Balaban J connectivity index is -0.000000320. The number of hydrogen-bond donors (Lipinski definition) is 1. The first kappa shape index (κ1) is 14.1. The zero-order valence-electron chi connectivity index (χ0n) is 7.55. The first-order valence-corrected chi connectivity index (χ1v) is 4.17. The van der Waals surface area contributed by atoms with E-state index in [9.17, 15) is 8.42 Å². The van der Waals surface area contributed by atoms with E-state index >= 15 is 0 Å². The van der Waals surface area contributed by atoms with Crippen molar-refractivity contribution in [1.29, 1.82) is 0 Å². The van der Waals surface area contributed by atoms with Crippen molar-refractivity contribution in [2.45, 2.75) is 13.8 Å². The van der Waals surface area contributed by atoms with Gasteiger partial charge in [-0.05, 0) is 6.92 Å². The van der Waals surface area contributed by atoms with Gasteiger partial charge in [-0.25, -0.2) is 0 Å². The largest absolute Gasteiger partial charge is 1.00 e. The van der Waals surface area contributed by atoms with Gasteiger partial charge in [0.05, 0.1) is 6.61 Å². The zero-order valence-corrected chi connectivity index (χ0v) is 10.5. The maximum Gasteiger partial charge on any atom is 1.00 e. The molecular weight excluding hydrogens is 181 g/mol. The second-order valence-corrected chi connectivity index (χ2v) is 2.79. The van der Waals surface area contributed by atoms with Crippen LogP contribution >= 0.6 is 0 Å². The maximum absolute atomic E-state index is 10.5. The Morgan fingerprint density at radius 3 is 2.30 bits per heavy atom. The molecule has 0 aliphatic rings. The van der Waals surface area contributed by atoms with Crippen molar-refractivity contribution in [2.24, 2.45) is 0 Å². The van der Waals surface area contributed by atoms with Crippen molar-refractivity contribution in [3.05, 3.63) is 0 Å². The van der Waals surface area contributed by atoms with E-state index in [-0.39, 0.29) is 59.4 Å². The Bertz CT molecular complexity index is 149. The van der Waals surface area contributed by atoms with E-state index in [0.717, 1.165) is 0 Å². The summed E-state index contributed by atoms with van der Waals surface area (Å²) in [5, 5.41) is 0.